The van der Waals surface area contributed by atoms with Crippen molar-refractivity contribution in [1.82, 2.24) is 0 Å². The average molecular weight is 190 g/mol. The Kier molecular flexibility index (Phi) is 2.23. The van der Waals surface area contributed by atoms with Crippen LogP contribution in [-0.4, -0.2) is 12.6 Å². The van der Waals surface area contributed by atoms with Gasteiger partial charge in [0.05, 0.1) is 6.26 Å². The van der Waals surface area contributed by atoms with E-state index in [1.807, 2.05) is 18.2 Å². The molecule has 1 aromatic rings. The summed E-state index contributed by atoms with van der Waals surface area (Å²) in [5.41, 5.74) is 0. The van der Waals surface area contributed by atoms with Gasteiger partial charge in [-0.25, -0.2) is 0 Å². The van der Waals surface area contributed by atoms with Crippen molar-refractivity contribution in [3.63, 3.8) is 0 Å². The predicted octanol–water partition coefficient (Wildman–Crippen LogP) is 0.161. The van der Waals surface area contributed by atoms with E-state index in [0.717, 1.165) is 10.4 Å². The number of carbonyl (C=O) groups is 1. The maximum Gasteiger partial charge on any atom is 0.308 e. The predicted molar refractivity (Wildman–Crippen MR) is 51.9 cm³/mol. The summed E-state index contributed by atoms with van der Waals surface area (Å²) in [4.78, 5) is 10.7. The second-order valence-electron chi connectivity index (χ2n) is 3.04. The zero-order valence-corrected chi connectivity index (χ0v) is 7.82. The van der Waals surface area contributed by atoms with E-state index in [1.165, 1.54) is 6.92 Å². The number of benzene rings is 1. The summed E-state index contributed by atoms with van der Waals surface area (Å²) in [7, 11) is 0. The molecule has 0 N–H and O–H groups in total. The molecule has 0 radical (unpaired) electrons. The van der Waals surface area contributed by atoms with Crippen molar-refractivity contribution in [2.24, 2.45) is 0 Å². The van der Waals surface area contributed by atoms with Crippen molar-refractivity contribution in [3.8, 4) is 5.75 Å². The normalized spacial score (nSPS) is 12.9. The van der Waals surface area contributed by atoms with Gasteiger partial charge in [-0.2, -0.15) is 0 Å². The lowest BCUT2D eigenvalue weighted by molar-refractivity contribution is -0.131. The molecule has 14 heavy (non-hydrogen) atoms. The van der Waals surface area contributed by atoms with E-state index in [4.69, 9.17) is 9.47 Å². The number of hydrogen-bond donors (Lipinski definition) is 0. The lowest BCUT2D eigenvalue weighted by Gasteiger charge is -2.04. The summed E-state index contributed by atoms with van der Waals surface area (Å²) in [6.45, 7) is 1.95. The van der Waals surface area contributed by atoms with Gasteiger partial charge in [0.15, 0.2) is 0 Å². The van der Waals surface area contributed by atoms with Gasteiger partial charge in [-0.3, -0.25) is 4.79 Å². The van der Waals surface area contributed by atoms with Gasteiger partial charge in [-0.05, 0) is 29.5 Å². The SMILES string of the molecule is CC(=O)Oc1ccc2c(c1)=CCOC=2. The van der Waals surface area contributed by atoms with Gasteiger partial charge in [-0.1, -0.05) is 0 Å². The van der Waals surface area contributed by atoms with E-state index in [1.54, 1.807) is 12.3 Å². The monoisotopic (exact) mass is 190 g/mol. The molecule has 1 aliphatic heterocycles. The first-order chi connectivity index (χ1) is 6.75. The minimum Gasteiger partial charge on any atom is -0.496 e. The molecule has 0 bridgehead atoms. The fourth-order valence-corrected chi connectivity index (χ4v) is 1.34. The number of rotatable bonds is 1. The Balaban J connectivity index is 2.45. The first kappa shape index (κ1) is 8.81. The third-order valence-electron chi connectivity index (χ3n) is 1.93. The minimum atomic E-state index is -0.305. The Morgan fingerprint density at radius 2 is 2.29 bits per heavy atom. The molecule has 0 aliphatic carbocycles. The van der Waals surface area contributed by atoms with Gasteiger partial charge >= 0.3 is 5.97 Å². The minimum absolute atomic E-state index is 0.305. The topological polar surface area (TPSA) is 35.5 Å². The van der Waals surface area contributed by atoms with Gasteiger partial charge in [-0.15, -0.1) is 0 Å². The van der Waals surface area contributed by atoms with E-state index in [9.17, 15) is 4.79 Å². The molecule has 1 heterocycles. The van der Waals surface area contributed by atoms with Crippen LogP contribution in [0.4, 0.5) is 0 Å². The summed E-state index contributed by atoms with van der Waals surface area (Å²) < 4.78 is 10.1. The Morgan fingerprint density at radius 3 is 3.07 bits per heavy atom. The smallest absolute Gasteiger partial charge is 0.308 e. The fourth-order valence-electron chi connectivity index (χ4n) is 1.34. The van der Waals surface area contributed by atoms with Crippen LogP contribution in [0, 0.1) is 0 Å². The van der Waals surface area contributed by atoms with E-state index < -0.39 is 0 Å². The molecule has 2 rings (SSSR count). The molecule has 1 aromatic carbocycles. The lowest BCUT2D eigenvalue weighted by atomic mass is 10.2. The number of fused-ring (bicyclic) bond motifs is 1. The van der Waals surface area contributed by atoms with Crippen molar-refractivity contribution < 1.29 is 14.3 Å². The highest BCUT2D eigenvalue weighted by atomic mass is 16.5. The molecule has 72 valence electrons. The number of carbonyl (C=O) groups excluding carboxylic acids is 1. The molecule has 3 nitrogen and oxygen atoms in total. The molecule has 0 unspecified atom stereocenters. The van der Waals surface area contributed by atoms with E-state index >= 15 is 0 Å². The Hall–Kier alpha value is -1.77. The van der Waals surface area contributed by atoms with Crippen LogP contribution in [0.2, 0.25) is 0 Å². The van der Waals surface area contributed by atoms with Crippen molar-refractivity contribution in [3.05, 3.63) is 28.6 Å². The highest BCUT2D eigenvalue weighted by Gasteiger charge is 1.99. The second kappa shape index (κ2) is 3.54. The fraction of sp³-hybridized carbons (Fsp3) is 0.182. The number of ether oxygens (including phenoxy) is 2. The summed E-state index contributed by atoms with van der Waals surface area (Å²) in [5.74, 6) is 0.267. The maximum absolute atomic E-state index is 10.7. The van der Waals surface area contributed by atoms with Gasteiger partial charge in [0.1, 0.15) is 12.4 Å². The molecule has 3 heteroatoms. The zero-order chi connectivity index (χ0) is 9.97. The molecular formula is C11H10O3. The van der Waals surface area contributed by atoms with E-state index in [2.05, 4.69) is 0 Å². The highest BCUT2D eigenvalue weighted by Crippen LogP contribution is 2.04. The standard InChI is InChI=1S/C11H10O3/c1-8(12)14-11-3-2-10-7-13-5-4-9(10)6-11/h2-4,6-7H,5H2,1H3. The average Bonchev–Trinajstić information content (AvgIpc) is 2.17. The van der Waals surface area contributed by atoms with Crippen molar-refractivity contribution in [2.75, 3.05) is 6.61 Å². The molecule has 0 atom stereocenters. The summed E-state index contributed by atoms with van der Waals surface area (Å²) >= 11 is 0. The number of esters is 1. The van der Waals surface area contributed by atoms with Crippen LogP contribution >= 0.6 is 0 Å². The third-order valence-corrected chi connectivity index (χ3v) is 1.93. The van der Waals surface area contributed by atoms with Crippen LogP contribution in [0.1, 0.15) is 6.92 Å². The van der Waals surface area contributed by atoms with E-state index in [0.29, 0.717) is 12.4 Å². The van der Waals surface area contributed by atoms with Gasteiger partial charge in [0, 0.05) is 12.1 Å². The first-order valence-corrected chi connectivity index (χ1v) is 4.36. The molecule has 0 spiro atoms. The first-order valence-electron chi connectivity index (χ1n) is 4.36. The summed E-state index contributed by atoms with van der Waals surface area (Å²) in [6.07, 6.45) is 3.65. The summed E-state index contributed by atoms with van der Waals surface area (Å²) in [6, 6.07) is 5.44. The number of hydrogen-bond acceptors (Lipinski definition) is 3. The van der Waals surface area contributed by atoms with Crippen LogP contribution in [0.3, 0.4) is 0 Å². The third kappa shape index (κ3) is 1.76. The Labute approximate surface area is 81.3 Å². The van der Waals surface area contributed by atoms with Crippen LogP contribution in [-0.2, 0) is 9.53 Å². The van der Waals surface area contributed by atoms with Gasteiger partial charge < -0.3 is 9.47 Å². The van der Waals surface area contributed by atoms with Crippen molar-refractivity contribution in [1.29, 1.82) is 0 Å². The molecule has 1 aliphatic rings. The van der Waals surface area contributed by atoms with Crippen LogP contribution in [0.5, 0.6) is 5.75 Å². The van der Waals surface area contributed by atoms with Crippen LogP contribution in [0.15, 0.2) is 18.2 Å². The Bertz CT molecular complexity index is 474. The van der Waals surface area contributed by atoms with Gasteiger partial charge in [0.25, 0.3) is 0 Å². The van der Waals surface area contributed by atoms with Crippen LogP contribution < -0.4 is 15.2 Å². The quantitative estimate of drug-likeness (QED) is 0.467. The maximum atomic E-state index is 10.7. The van der Waals surface area contributed by atoms with Crippen molar-refractivity contribution >= 4 is 18.3 Å². The second-order valence-corrected chi connectivity index (χ2v) is 3.04. The lowest BCUT2D eigenvalue weighted by Crippen LogP contribution is -2.28. The van der Waals surface area contributed by atoms with Crippen molar-refractivity contribution in [2.45, 2.75) is 6.92 Å². The molecule has 0 amide bonds. The summed E-state index contributed by atoms with van der Waals surface area (Å²) in [5, 5.41) is 2.04. The largest absolute Gasteiger partial charge is 0.496 e. The molecule has 0 aromatic heterocycles. The molecule has 0 saturated heterocycles. The van der Waals surface area contributed by atoms with Crippen LogP contribution in [0.25, 0.3) is 12.3 Å². The molecule has 0 fully saturated rings. The van der Waals surface area contributed by atoms with Gasteiger partial charge in [0.2, 0.25) is 0 Å². The highest BCUT2D eigenvalue weighted by molar-refractivity contribution is 5.69. The Morgan fingerprint density at radius 1 is 1.43 bits per heavy atom. The van der Waals surface area contributed by atoms with E-state index in [-0.39, 0.29) is 5.97 Å². The zero-order valence-electron chi connectivity index (χ0n) is 7.82. The molecular weight excluding hydrogens is 180 g/mol. The molecule has 0 saturated carbocycles.